The Morgan fingerprint density at radius 2 is 2.11 bits per heavy atom. The predicted octanol–water partition coefficient (Wildman–Crippen LogP) is 4.48. The highest BCUT2D eigenvalue weighted by Gasteiger charge is 2.15. The summed E-state index contributed by atoms with van der Waals surface area (Å²) in [5, 5.41) is 9.36. The molecule has 4 aromatic rings. The first-order valence-electron chi connectivity index (χ1n) is 8.09. The summed E-state index contributed by atoms with van der Waals surface area (Å²) in [5.41, 5.74) is 2.01. The summed E-state index contributed by atoms with van der Waals surface area (Å²) in [6.45, 7) is 4.00. The zero-order valence-corrected chi connectivity index (χ0v) is 16.5. The molecule has 0 saturated carbocycles. The number of hydrogen-bond acceptors (Lipinski definition) is 5. The molecule has 1 N–H and O–H groups in total. The van der Waals surface area contributed by atoms with Crippen LogP contribution in [0, 0.1) is 0 Å². The van der Waals surface area contributed by atoms with Crippen LogP contribution >= 0.6 is 27.3 Å². The van der Waals surface area contributed by atoms with Gasteiger partial charge in [0.2, 0.25) is 0 Å². The number of hydrogen-bond donors (Lipinski definition) is 1. The fraction of sp³-hybridized carbons (Fsp3) is 0.0526. The number of carbonyl (C=O) groups excluding carboxylic acids is 1. The van der Waals surface area contributed by atoms with E-state index in [1.54, 1.807) is 28.0 Å². The molecule has 1 amide bonds. The van der Waals surface area contributed by atoms with E-state index in [0.29, 0.717) is 29.4 Å². The normalized spacial score (nSPS) is 10.9. The van der Waals surface area contributed by atoms with Gasteiger partial charge in [0.1, 0.15) is 0 Å². The summed E-state index contributed by atoms with van der Waals surface area (Å²) in [7, 11) is 0. The number of thiophene rings is 1. The van der Waals surface area contributed by atoms with Gasteiger partial charge in [-0.3, -0.25) is 4.79 Å². The molecular weight excluding hydrogens is 426 g/mol. The Morgan fingerprint density at radius 3 is 2.85 bits per heavy atom. The van der Waals surface area contributed by atoms with Gasteiger partial charge in [0.15, 0.2) is 17.3 Å². The Labute approximate surface area is 167 Å². The van der Waals surface area contributed by atoms with Crippen molar-refractivity contribution in [2.45, 2.75) is 6.54 Å². The van der Waals surface area contributed by atoms with Gasteiger partial charge in [-0.05, 0) is 41.9 Å². The molecule has 0 spiro atoms. The van der Waals surface area contributed by atoms with E-state index in [9.17, 15) is 4.79 Å². The molecule has 0 unspecified atom stereocenters. The number of fused-ring (bicyclic) bond motifs is 1. The van der Waals surface area contributed by atoms with E-state index in [0.717, 1.165) is 14.9 Å². The first-order chi connectivity index (χ1) is 13.2. The summed E-state index contributed by atoms with van der Waals surface area (Å²) in [6.07, 6.45) is 0. The minimum Gasteiger partial charge on any atom is -0.348 e. The molecule has 0 aliphatic carbocycles. The SMILES string of the molecule is C=Nc1cc(C(=O)NCc2ccccc2Br)cc2nc(-c3cccs3)nn12. The standard InChI is InChI=1S/C19H14BrN5OS/c1-21-16-9-13(19(26)22-11-12-5-2-3-6-14(12)20)10-17-23-18(24-25(16)17)15-7-4-8-27-15/h2-10H,1,11H2,(H,22,26). The van der Waals surface area contributed by atoms with Gasteiger partial charge in [-0.25, -0.2) is 9.98 Å². The first kappa shape index (κ1) is 17.6. The molecule has 3 heterocycles. The molecule has 4 rings (SSSR count). The molecule has 134 valence electrons. The van der Waals surface area contributed by atoms with E-state index in [4.69, 9.17) is 0 Å². The number of rotatable bonds is 5. The topological polar surface area (TPSA) is 71.7 Å². The van der Waals surface area contributed by atoms with Crippen LogP contribution in [0.15, 0.2) is 63.4 Å². The van der Waals surface area contributed by atoms with Crippen LogP contribution in [0.4, 0.5) is 5.82 Å². The largest absolute Gasteiger partial charge is 0.348 e. The molecule has 1 aromatic carbocycles. The summed E-state index contributed by atoms with van der Waals surface area (Å²) >= 11 is 5.04. The van der Waals surface area contributed by atoms with Crippen LogP contribution in [0.5, 0.6) is 0 Å². The minimum atomic E-state index is -0.209. The number of carbonyl (C=O) groups is 1. The van der Waals surface area contributed by atoms with Gasteiger partial charge in [-0.15, -0.1) is 16.4 Å². The van der Waals surface area contributed by atoms with Crippen molar-refractivity contribution in [3.63, 3.8) is 0 Å². The molecule has 0 atom stereocenters. The van der Waals surface area contributed by atoms with Crippen molar-refractivity contribution in [2.24, 2.45) is 4.99 Å². The van der Waals surface area contributed by atoms with Gasteiger partial charge in [0.25, 0.3) is 5.91 Å². The van der Waals surface area contributed by atoms with Crippen molar-refractivity contribution >= 4 is 51.4 Å². The number of nitrogens with one attached hydrogen (secondary N) is 1. The van der Waals surface area contributed by atoms with Gasteiger partial charge >= 0.3 is 0 Å². The molecule has 0 fully saturated rings. The second-order valence-electron chi connectivity index (χ2n) is 5.72. The van der Waals surface area contributed by atoms with E-state index in [1.165, 1.54) is 0 Å². The van der Waals surface area contributed by atoms with E-state index in [1.807, 2.05) is 41.8 Å². The lowest BCUT2D eigenvalue weighted by Gasteiger charge is -2.08. The molecule has 0 radical (unpaired) electrons. The smallest absolute Gasteiger partial charge is 0.251 e. The summed E-state index contributed by atoms with van der Waals surface area (Å²) in [5.74, 6) is 0.855. The Bertz CT molecular complexity index is 1140. The van der Waals surface area contributed by atoms with Gasteiger partial charge < -0.3 is 5.32 Å². The molecule has 27 heavy (non-hydrogen) atoms. The zero-order chi connectivity index (χ0) is 18.8. The molecule has 6 nitrogen and oxygen atoms in total. The predicted molar refractivity (Wildman–Crippen MR) is 111 cm³/mol. The number of halogens is 1. The Balaban J connectivity index is 1.64. The van der Waals surface area contributed by atoms with Gasteiger partial charge in [0, 0.05) is 16.6 Å². The second-order valence-corrected chi connectivity index (χ2v) is 7.52. The van der Waals surface area contributed by atoms with Crippen molar-refractivity contribution in [1.82, 2.24) is 19.9 Å². The second kappa shape index (κ2) is 7.42. The number of pyridine rings is 1. The van der Waals surface area contributed by atoms with Crippen LogP contribution < -0.4 is 5.32 Å². The maximum Gasteiger partial charge on any atom is 0.251 e. The molecule has 3 aromatic heterocycles. The average molecular weight is 440 g/mol. The average Bonchev–Trinajstić information content (AvgIpc) is 3.35. The van der Waals surface area contributed by atoms with Gasteiger partial charge in [0.05, 0.1) is 4.88 Å². The highest BCUT2D eigenvalue weighted by Crippen LogP contribution is 2.25. The van der Waals surface area contributed by atoms with Crippen LogP contribution in [-0.2, 0) is 6.54 Å². The van der Waals surface area contributed by atoms with Crippen molar-refractivity contribution in [3.8, 4) is 10.7 Å². The van der Waals surface area contributed by atoms with E-state index >= 15 is 0 Å². The van der Waals surface area contributed by atoms with Crippen molar-refractivity contribution in [1.29, 1.82) is 0 Å². The van der Waals surface area contributed by atoms with Crippen LogP contribution in [0.1, 0.15) is 15.9 Å². The summed E-state index contributed by atoms with van der Waals surface area (Å²) < 4.78 is 2.54. The van der Waals surface area contributed by atoms with Crippen molar-refractivity contribution in [3.05, 3.63) is 69.5 Å². The van der Waals surface area contributed by atoms with Gasteiger partial charge in [-0.2, -0.15) is 4.52 Å². The van der Waals surface area contributed by atoms with E-state index < -0.39 is 0 Å². The monoisotopic (exact) mass is 439 g/mol. The Hall–Kier alpha value is -2.84. The molecular formula is C19H14BrN5OS. The molecule has 8 heteroatoms. The molecule has 0 aliphatic heterocycles. The number of benzene rings is 1. The highest BCUT2D eigenvalue weighted by atomic mass is 79.9. The van der Waals surface area contributed by atoms with E-state index in [2.05, 4.69) is 43.0 Å². The van der Waals surface area contributed by atoms with E-state index in [-0.39, 0.29) is 5.91 Å². The summed E-state index contributed by atoms with van der Waals surface area (Å²) in [6, 6.07) is 15.0. The Morgan fingerprint density at radius 1 is 1.26 bits per heavy atom. The van der Waals surface area contributed by atoms with Crippen LogP contribution in [0.25, 0.3) is 16.3 Å². The third-order valence-electron chi connectivity index (χ3n) is 3.98. The lowest BCUT2D eigenvalue weighted by molar-refractivity contribution is 0.0951. The number of aromatic nitrogens is 3. The third-order valence-corrected chi connectivity index (χ3v) is 5.62. The zero-order valence-electron chi connectivity index (χ0n) is 14.1. The lowest BCUT2D eigenvalue weighted by Crippen LogP contribution is -2.23. The maximum atomic E-state index is 12.6. The van der Waals surface area contributed by atoms with Gasteiger partial charge in [-0.1, -0.05) is 40.2 Å². The molecule has 0 saturated heterocycles. The number of aliphatic imine (C=N–C) groups is 1. The minimum absolute atomic E-state index is 0.209. The maximum absolute atomic E-state index is 12.6. The molecule has 0 bridgehead atoms. The number of amides is 1. The van der Waals surface area contributed by atoms with Crippen molar-refractivity contribution < 1.29 is 4.79 Å². The highest BCUT2D eigenvalue weighted by molar-refractivity contribution is 9.10. The van der Waals surface area contributed by atoms with Crippen LogP contribution in [0.3, 0.4) is 0 Å². The van der Waals surface area contributed by atoms with Crippen molar-refractivity contribution in [2.75, 3.05) is 0 Å². The van der Waals surface area contributed by atoms with Crippen LogP contribution in [-0.4, -0.2) is 27.2 Å². The third kappa shape index (κ3) is 3.54. The fourth-order valence-corrected chi connectivity index (χ4v) is 3.72. The molecule has 0 aliphatic rings. The quantitative estimate of drug-likeness (QED) is 0.465. The first-order valence-corrected chi connectivity index (χ1v) is 9.76. The summed E-state index contributed by atoms with van der Waals surface area (Å²) in [4.78, 5) is 22.1. The lowest BCUT2D eigenvalue weighted by atomic mass is 10.2. The fourth-order valence-electron chi connectivity index (χ4n) is 2.64. The number of nitrogens with zero attached hydrogens (tertiary/aromatic N) is 4. The Kier molecular flexibility index (Phi) is 4.83. The van der Waals surface area contributed by atoms with Crippen LogP contribution in [0.2, 0.25) is 0 Å².